The molecule has 4 rings (SSSR count). The Morgan fingerprint density at radius 3 is 2.45 bits per heavy atom. The number of halogens is 2. The van der Waals surface area contributed by atoms with Crippen LogP contribution in [0.25, 0.3) is 10.2 Å². The van der Waals surface area contributed by atoms with Gasteiger partial charge in [-0.25, -0.2) is 4.98 Å². The number of fused-ring (bicyclic) bond motifs is 1. The molecule has 0 spiro atoms. The second-order valence-electron chi connectivity index (χ2n) is 7.17. The fourth-order valence-electron chi connectivity index (χ4n) is 3.60. The van der Waals surface area contributed by atoms with Crippen LogP contribution in [0, 0.1) is 0 Å². The van der Waals surface area contributed by atoms with Crippen LogP contribution in [0.3, 0.4) is 0 Å². The molecule has 7 heteroatoms. The van der Waals surface area contributed by atoms with Crippen LogP contribution in [0.15, 0.2) is 48.5 Å². The molecule has 0 bridgehead atoms. The molecule has 1 aliphatic heterocycles. The summed E-state index contributed by atoms with van der Waals surface area (Å²) in [5, 5.41) is 1.43. The Morgan fingerprint density at radius 1 is 1.00 bits per heavy atom. The summed E-state index contributed by atoms with van der Waals surface area (Å²) in [6.45, 7) is 5.25. The number of carbonyl (C=O) groups excluding carboxylic acids is 1. The number of aromatic nitrogens is 1. The van der Waals surface area contributed by atoms with E-state index in [-0.39, 0.29) is 18.2 Å². The van der Waals surface area contributed by atoms with Gasteiger partial charge in [-0.2, -0.15) is 0 Å². The molecule has 2 aromatic carbocycles. The zero-order valence-corrected chi connectivity index (χ0v) is 18.6. The topological polar surface area (TPSA) is 36.4 Å². The number of rotatable bonds is 7. The van der Waals surface area contributed by atoms with Crippen molar-refractivity contribution in [1.29, 1.82) is 0 Å². The number of benzene rings is 2. The summed E-state index contributed by atoms with van der Waals surface area (Å²) in [7, 11) is 0. The fourth-order valence-corrected chi connectivity index (χ4v) is 4.66. The van der Waals surface area contributed by atoms with Gasteiger partial charge in [0.15, 0.2) is 10.8 Å². The maximum absolute atomic E-state index is 12.4. The zero-order chi connectivity index (χ0) is 19.3. The summed E-state index contributed by atoms with van der Waals surface area (Å²) < 4.78 is 1.09. The smallest absolute Gasteiger partial charge is 0.191 e. The molecule has 1 aliphatic rings. The molecular formula is C22H25Cl2N3OS. The largest absolute Gasteiger partial charge is 0.369 e. The van der Waals surface area contributed by atoms with Crippen LogP contribution >= 0.6 is 35.3 Å². The second kappa shape index (κ2) is 10.4. The number of unbranched alkanes of at least 4 members (excludes halogenated alkanes) is 1. The highest BCUT2D eigenvalue weighted by atomic mass is 35.5. The lowest BCUT2D eigenvalue weighted by atomic mass is 10.1. The third kappa shape index (κ3) is 5.70. The highest BCUT2D eigenvalue weighted by Crippen LogP contribution is 2.23. The van der Waals surface area contributed by atoms with Crippen LogP contribution in [-0.4, -0.2) is 48.4 Å². The van der Waals surface area contributed by atoms with Crippen LogP contribution in [0.1, 0.15) is 29.1 Å². The van der Waals surface area contributed by atoms with E-state index in [1.807, 2.05) is 36.4 Å². The van der Waals surface area contributed by atoms with Crippen LogP contribution in [-0.2, 0) is 0 Å². The Kier molecular flexibility index (Phi) is 7.90. The number of piperazine rings is 1. The van der Waals surface area contributed by atoms with Gasteiger partial charge in [-0.1, -0.05) is 23.7 Å². The van der Waals surface area contributed by atoms with Crippen LogP contribution in [0.4, 0.5) is 5.69 Å². The number of hydrogen-bond acceptors (Lipinski definition) is 5. The van der Waals surface area contributed by atoms with Crippen molar-refractivity contribution in [2.45, 2.75) is 19.3 Å². The normalized spacial score (nSPS) is 14.7. The van der Waals surface area contributed by atoms with Crippen molar-refractivity contribution in [2.24, 2.45) is 0 Å². The lowest BCUT2D eigenvalue weighted by molar-refractivity contribution is 0.0977. The van der Waals surface area contributed by atoms with E-state index in [0.717, 1.165) is 60.8 Å². The molecule has 1 aromatic heterocycles. The van der Waals surface area contributed by atoms with E-state index in [4.69, 9.17) is 11.6 Å². The second-order valence-corrected chi connectivity index (χ2v) is 8.64. The van der Waals surface area contributed by atoms with Crippen molar-refractivity contribution < 1.29 is 4.79 Å². The molecule has 3 aromatic rings. The van der Waals surface area contributed by atoms with E-state index < -0.39 is 0 Å². The molecule has 0 aliphatic carbocycles. The summed E-state index contributed by atoms with van der Waals surface area (Å²) in [6.07, 6.45) is 2.56. The van der Waals surface area contributed by atoms with Crippen molar-refractivity contribution in [2.75, 3.05) is 37.6 Å². The molecule has 4 nitrogen and oxygen atoms in total. The first-order chi connectivity index (χ1) is 13.7. The van der Waals surface area contributed by atoms with E-state index in [2.05, 4.69) is 26.9 Å². The molecular weight excluding hydrogens is 425 g/mol. The van der Waals surface area contributed by atoms with Crippen LogP contribution < -0.4 is 4.90 Å². The van der Waals surface area contributed by atoms with Gasteiger partial charge in [0, 0.05) is 43.3 Å². The highest BCUT2D eigenvalue weighted by molar-refractivity contribution is 7.20. The minimum Gasteiger partial charge on any atom is -0.369 e. The van der Waals surface area contributed by atoms with Gasteiger partial charge in [0.25, 0.3) is 0 Å². The molecule has 29 heavy (non-hydrogen) atoms. The third-order valence-corrected chi connectivity index (χ3v) is 6.55. The molecule has 2 heterocycles. The van der Waals surface area contributed by atoms with Gasteiger partial charge >= 0.3 is 0 Å². The standard InChI is InChI=1S/C22H24ClN3OS.ClH/c23-17-8-10-18(11-9-17)26-15-13-25(14-16-26)12-4-3-6-20(27)22-24-19-5-1-2-7-21(19)28-22;/h1-2,5,7-11H,3-4,6,12-16H2;1H. The highest BCUT2D eigenvalue weighted by Gasteiger charge is 2.17. The molecule has 0 saturated carbocycles. The molecule has 0 atom stereocenters. The SMILES string of the molecule is Cl.O=C(CCCCN1CCN(c2ccc(Cl)cc2)CC1)c1nc2ccccc2s1. The Bertz CT molecular complexity index is 904. The summed E-state index contributed by atoms with van der Waals surface area (Å²) in [4.78, 5) is 21.8. The van der Waals surface area contributed by atoms with E-state index >= 15 is 0 Å². The van der Waals surface area contributed by atoms with Crippen molar-refractivity contribution in [3.05, 3.63) is 58.6 Å². The predicted molar refractivity (Wildman–Crippen MR) is 125 cm³/mol. The summed E-state index contributed by atoms with van der Waals surface area (Å²) >= 11 is 7.48. The van der Waals surface area contributed by atoms with Gasteiger partial charge in [-0.05, 0) is 55.8 Å². The number of para-hydroxylation sites is 1. The lowest BCUT2D eigenvalue weighted by Gasteiger charge is -2.36. The number of carbonyl (C=O) groups is 1. The third-order valence-electron chi connectivity index (χ3n) is 5.22. The first kappa shape index (κ1) is 22.0. The quantitative estimate of drug-likeness (QED) is 0.350. The van der Waals surface area contributed by atoms with Gasteiger partial charge in [-0.15, -0.1) is 23.7 Å². The number of thiazole rings is 1. The van der Waals surface area contributed by atoms with Crippen molar-refractivity contribution in [3.63, 3.8) is 0 Å². The first-order valence-electron chi connectivity index (χ1n) is 9.81. The molecule has 0 unspecified atom stereocenters. The fraction of sp³-hybridized carbons (Fsp3) is 0.364. The van der Waals surface area contributed by atoms with Gasteiger partial charge in [0.05, 0.1) is 10.2 Å². The Balaban J connectivity index is 0.00000240. The number of hydrogen-bond donors (Lipinski definition) is 0. The summed E-state index contributed by atoms with van der Waals surface area (Å²) in [6, 6.07) is 16.0. The Morgan fingerprint density at radius 2 is 1.72 bits per heavy atom. The van der Waals surface area contributed by atoms with Crippen molar-refractivity contribution in [3.8, 4) is 0 Å². The Hall–Kier alpha value is -1.66. The van der Waals surface area contributed by atoms with Crippen molar-refractivity contribution >= 4 is 57.0 Å². The number of nitrogens with zero attached hydrogens (tertiary/aromatic N) is 3. The summed E-state index contributed by atoms with van der Waals surface area (Å²) in [5.41, 5.74) is 2.17. The first-order valence-corrected chi connectivity index (χ1v) is 11.0. The molecule has 0 N–H and O–H groups in total. The number of anilines is 1. The molecule has 0 radical (unpaired) electrons. The maximum atomic E-state index is 12.4. The summed E-state index contributed by atoms with van der Waals surface area (Å²) in [5.74, 6) is 0.175. The van der Waals surface area contributed by atoms with Gasteiger partial charge < -0.3 is 4.90 Å². The average Bonchev–Trinajstić information content (AvgIpc) is 3.17. The van der Waals surface area contributed by atoms with E-state index in [1.165, 1.54) is 17.0 Å². The zero-order valence-electron chi connectivity index (χ0n) is 16.2. The number of Topliss-reactive ketones (excluding diaryl/α,β-unsaturated/α-hetero) is 1. The minimum atomic E-state index is 0. The molecule has 0 amide bonds. The van der Waals surface area contributed by atoms with Gasteiger partial charge in [0.1, 0.15) is 0 Å². The van der Waals surface area contributed by atoms with Crippen molar-refractivity contribution in [1.82, 2.24) is 9.88 Å². The van der Waals surface area contributed by atoms with Gasteiger partial charge in [0.2, 0.25) is 0 Å². The monoisotopic (exact) mass is 449 g/mol. The molecule has 1 fully saturated rings. The van der Waals surface area contributed by atoms with Crippen LogP contribution in [0.2, 0.25) is 5.02 Å². The number of ketones is 1. The van der Waals surface area contributed by atoms with E-state index in [1.54, 1.807) is 0 Å². The minimum absolute atomic E-state index is 0. The van der Waals surface area contributed by atoms with Crippen LogP contribution in [0.5, 0.6) is 0 Å². The molecule has 154 valence electrons. The van der Waals surface area contributed by atoms with Gasteiger partial charge in [-0.3, -0.25) is 9.69 Å². The molecule has 1 saturated heterocycles. The predicted octanol–water partition coefficient (Wildman–Crippen LogP) is 5.55. The van der Waals surface area contributed by atoms with E-state index in [9.17, 15) is 4.79 Å². The average molecular weight is 450 g/mol. The lowest BCUT2D eigenvalue weighted by Crippen LogP contribution is -2.46. The van der Waals surface area contributed by atoms with E-state index in [0.29, 0.717) is 11.4 Å². The Labute approximate surface area is 186 Å². The maximum Gasteiger partial charge on any atom is 0.191 e.